The van der Waals surface area contributed by atoms with E-state index in [1.54, 1.807) is 0 Å². The Hall–Kier alpha value is -0.0800. The van der Waals surface area contributed by atoms with Gasteiger partial charge >= 0.3 is 0 Å². The molecule has 0 aromatic heterocycles. The lowest BCUT2D eigenvalue weighted by Gasteiger charge is -2.35. The molecule has 1 N–H and O–H groups in total. The number of hydrogen-bond donors (Lipinski definition) is 1. The van der Waals surface area contributed by atoms with Crippen molar-refractivity contribution in [1.82, 2.24) is 10.2 Å². The van der Waals surface area contributed by atoms with E-state index in [1.807, 2.05) is 0 Å². The predicted octanol–water partition coefficient (Wildman–Crippen LogP) is 2.11. The maximum atomic E-state index is 3.45. The third-order valence-electron chi connectivity index (χ3n) is 4.17. The average Bonchev–Trinajstić information content (AvgIpc) is 2.41. The fourth-order valence-electron chi connectivity index (χ4n) is 3.37. The molecule has 0 radical (unpaired) electrons. The highest BCUT2D eigenvalue weighted by atomic mass is 15.2. The Balaban J connectivity index is 1.87. The van der Waals surface area contributed by atoms with E-state index in [-0.39, 0.29) is 0 Å². The van der Waals surface area contributed by atoms with Crippen molar-refractivity contribution in [3.63, 3.8) is 0 Å². The molecule has 15 heavy (non-hydrogen) atoms. The first kappa shape index (κ1) is 11.4. The Labute approximate surface area is 94.4 Å². The van der Waals surface area contributed by atoms with Crippen molar-refractivity contribution < 1.29 is 0 Å². The Morgan fingerprint density at radius 1 is 1.27 bits per heavy atom. The molecular weight excluding hydrogens is 184 g/mol. The van der Waals surface area contributed by atoms with E-state index in [0.717, 1.165) is 11.8 Å². The van der Waals surface area contributed by atoms with Gasteiger partial charge in [-0.2, -0.15) is 0 Å². The van der Waals surface area contributed by atoms with Gasteiger partial charge in [0.15, 0.2) is 0 Å². The Kier molecular flexibility index (Phi) is 3.36. The van der Waals surface area contributed by atoms with Crippen LogP contribution in [0.3, 0.4) is 0 Å². The Morgan fingerprint density at radius 3 is 2.47 bits per heavy atom. The zero-order chi connectivity index (χ0) is 10.9. The van der Waals surface area contributed by atoms with Crippen LogP contribution >= 0.6 is 0 Å². The van der Waals surface area contributed by atoms with Gasteiger partial charge in [0.25, 0.3) is 0 Å². The lowest BCUT2D eigenvalue weighted by atomic mass is 9.94. The molecule has 2 fully saturated rings. The molecule has 1 atom stereocenters. The topological polar surface area (TPSA) is 15.3 Å². The number of rotatable bonds is 2. The maximum Gasteiger partial charge on any atom is 0.0156 e. The van der Waals surface area contributed by atoms with E-state index in [1.165, 1.54) is 45.4 Å². The van der Waals surface area contributed by atoms with Crippen molar-refractivity contribution in [2.45, 2.75) is 45.6 Å². The third-order valence-corrected chi connectivity index (χ3v) is 4.17. The van der Waals surface area contributed by atoms with Crippen LogP contribution in [0.1, 0.15) is 40.0 Å². The van der Waals surface area contributed by atoms with Crippen molar-refractivity contribution in [2.24, 2.45) is 11.8 Å². The van der Waals surface area contributed by atoms with Crippen LogP contribution in [0.5, 0.6) is 0 Å². The summed E-state index contributed by atoms with van der Waals surface area (Å²) in [6.45, 7) is 12.3. The molecule has 1 unspecified atom stereocenters. The minimum absolute atomic E-state index is 0.449. The Morgan fingerprint density at radius 2 is 1.93 bits per heavy atom. The maximum absolute atomic E-state index is 3.45. The van der Waals surface area contributed by atoms with E-state index >= 15 is 0 Å². The molecular formula is C13H26N2. The first-order valence-corrected chi connectivity index (χ1v) is 6.54. The number of nitrogens with zero attached hydrogens (tertiary/aromatic N) is 1. The second kappa shape index (κ2) is 4.42. The summed E-state index contributed by atoms with van der Waals surface area (Å²) in [4.78, 5) is 2.73. The zero-order valence-corrected chi connectivity index (χ0v) is 10.6. The van der Waals surface area contributed by atoms with Crippen molar-refractivity contribution in [3.8, 4) is 0 Å². The number of piperidine rings is 1. The average molecular weight is 210 g/mol. The molecule has 2 aliphatic heterocycles. The molecule has 2 saturated heterocycles. The summed E-state index contributed by atoms with van der Waals surface area (Å²) in [5.74, 6) is 1.83. The van der Waals surface area contributed by atoms with Gasteiger partial charge in [-0.3, -0.25) is 4.90 Å². The molecule has 2 aliphatic rings. The SMILES string of the molecule is CC1CN(CC2CCNCC2)C(C)(C)C1. The first-order valence-electron chi connectivity index (χ1n) is 6.54. The summed E-state index contributed by atoms with van der Waals surface area (Å²) in [6.07, 6.45) is 4.12. The van der Waals surface area contributed by atoms with Crippen LogP contribution in [0.15, 0.2) is 0 Å². The first-order chi connectivity index (χ1) is 7.08. The van der Waals surface area contributed by atoms with Gasteiger partial charge in [0.05, 0.1) is 0 Å². The molecule has 0 amide bonds. The third kappa shape index (κ3) is 2.73. The van der Waals surface area contributed by atoms with Crippen LogP contribution in [0.4, 0.5) is 0 Å². The second-order valence-corrected chi connectivity index (χ2v) is 6.22. The summed E-state index contributed by atoms with van der Waals surface area (Å²) in [7, 11) is 0. The van der Waals surface area contributed by atoms with Crippen LogP contribution in [-0.4, -0.2) is 36.6 Å². The highest BCUT2D eigenvalue weighted by Gasteiger charge is 2.37. The summed E-state index contributed by atoms with van der Waals surface area (Å²) < 4.78 is 0. The van der Waals surface area contributed by atoms with Gasteiger partial charge < -0.3 is 5.32 Å². The van der Waals surface area contributed by atoms with E-state index < -0.39 is 0 Å². The Bertz CT molecular complexity index is 207. The molecule has 2 nitrogen and oxygen atoms in total. The minimum Gasteiger partial charge on any atom is -0.317 e. The molecule has 0 bridgehead atoms. The molecule has 2 heteroatoms. The van der Waals surface area contributed by atoms with E-state index in [4.69, 9.17) is 0 Å². The van der Waals surface area contributed by atoms with Gasteiger partial charge in [-0.15, -0.1) is 0 Å². The molecule has 0 saturated carbocycles. The van der Waals surface area contributed by atoms with Crippen molar-refractivity contribution in [2.75, 3.05) is 26.2 Å². The summed E-state index contributed by atoms with van der Waals surface area (Å²) in [5.41, 5.74) is 0.449. The standard InChI is InChI=1S/C13H26N2/c1-11-8-13(2,3)15(9-11)10-12-4-6-14-7-5-12/h11-12,14H,4-10H2,1-3H3. The summed E-state index contributed by atoms with van der Waals surface area (Å²) in [5, 5.41) is 3.45. The van der Waals surface area contributed by atoms with Gasteiger partial charge in [-0.25, -0.2) is 0 Å². The van der Waals surface area contributed by atoms with Crippen molar-refractivity contribution >= 4 is 0 Å². The van der Waals surface area contributed by atoms with Gasteiger partial charge in [-0.05, 0) is 58.0 Å². The smallest absolute Gasteiger partial charge is 0.0156 e. The van der Waals surface area contributed by atoms with Crippen LogP contribution in [0.2, 0.25) is 0 Å². The van der Waals surface area contributed by atoms with Crippen molar-refractivity contribution in [3.05, 3.63) is 0 Å². The van der Waals surface area contributed by atoms with Crippen LogP contribution in [0, 0.1) is 11.8 Å². The van der Waals surface area contributed by atoms with E-state index in [9.17, 15) is 0 Å². The lowest BCUT2D eigenvalue weighted by molar-refractivity contribution is 0.135. The van der Waals surface area contributed by atoms with E-state index in [0.29, 0.717) is 5.54 Å². The number of likely N-dealkylation sites (tertiary alicyclic amines) is 1. The zero-order valence-electron chi connectivity index (χ0n) is 10.6. The normalized spacial score (nSPS) is 33.4. The number of nitrogens with one attached hydrogen (secondary N) is 1. The predicted molar refractivity (Wildman–Crippen MR) is 65.0 cm³/mol. The minimum atomic E-state index is 0.449. The molecule has 0 aliphatic carbocycles. The monoisotopic (exact) mass is 210 g/mol. The quantitative estimate of drug-likeness (QED) is 0.751. The summed E-state index contributed by atoms with van der Waals surface area (Å²) in [6, 6.07) is 0. The van der Waals surface area contributed by atoms with Gasteiger partial charge in [-0.1, -0.05) is 6.92 Å². The highest BCUT2D eigenvalue weighted by Crippen LogP contribution is 2.33. The fourth-order valence-corrected chi connectivity index (χ4v) is 3.37. The fraction of sp³-hybridized carbons (Fsp3) is 1.00. The largest absolute Gasteiger partial charge is 0.317 e. The molecule has 88 valence electrons. The van der Waals surface area contributed by atoms with E-state index in [2.05, 4.69) is 31.0 Å². The number of hydrogen-bond acceptors (Lipinski definition) is 2. The molecule has 0 aromatic rings. The van der Waals surface area contributed by atoms with Crippen LogP contribution < -0.4 is 5.32 Å². The highest BCUT2D eigenvalue weighted by molar-refractivity contribution is 4.92. The lowest BCUT2D eigenvalue weighted by Crippen LogP contribution is -2.43. The molecule has 0 spiro atoms. The van der Waals surface area contributed by atoms with Crippen LogP contribution in [0.25, 0.3) is 0 Å². The van der Waals surface area contributed by atoms with Crippen molar-refractivity contribution in [1.29, 1.82) is 0 Å². The molecule has 2 rings (SSSR count). The van der Waals surface area contributed by atoms with Gasteiger partial charge in [0, 0.05) is 18.6 Å². The molecule has 0 aromatic carbocycles. The van der Waals surface area contributed by atoms with Gasteiger partial charge in [0.1, 0.15) is 0 Å². The second-order valence-electron chi connectivity index (χ2n) is 6.22. The molecule has 2 heterocycles. The van der Waals surface area contributed by atoms with Crippen LogP contribution in [-0.2, 0) is 0 Å². The summed E-state index contributed by atoms with van der Waals surface area (Å²) >= 11 is 0. The van der Waals surface area contributed by atoms with Gasteiger partial charge in [0.2, 0.25) is 0 Å².